The van der Waals surface area contributed by atoms with E-state index in [1.807, 2.05) is 37.3 Å². The van der Waals surface area contributed by atoms with Crippen molar-refractivity contribution in [3.63, 3.8) is 0 Å². The number of aryl methyl sites for hydroxylation is 1. The summed E-state index contributed by atoms with van der Waals surface area (Å²) in [6.07, 6.45) is 0.765. The molecule has 0 fully saturated rings. The average molecular weight is 349 g/mol. The lowest BCUT2D eigenvalue weighted by Crippen LogP contribution is -2.26. The topological polar surface area (TPSA) is 73.2 Å². The third kappa shape index (κ3) is 4.36. The lowest BCUT2D eigenvalue weighted by molar-refractivity contribution is 0.101. The monoisotopic (exact) mass is 349 g/mol. The molecule has 0 unspecified atom stereocenters. The normalized spacial score (nSPS) is 10.3. The van der Waals surface area contributed by atoms with E-state index in [4.69, 9.17) is 4.74 Å². The van der Waals surface area contributed by atoms with Crippen LogP contribution in [-0.4, -0.2) is 15.7 Å². The maximum absolute atomic E-state index is 12.3. The minimum atomic E-state index is -0.369. The van der Waals surface area contributed by atoms with Crippen LogP contribution in [-0.2, 0) is 6.54 Å². The van der Waals surface area contributed by atoms with Crippen LogP contribution >= 0.6 is 0 Å². The van der Waals surface area contributed by atoms with E-state index >= 15 is 0 Å². The molecule has 0 atom stereocenters. The third-order valence-electron chi connectivity index (χ3n) is 3.63. The van der Waals surface area contributed by atoms with Gasteiger partial charge in [-0.15, -0.1) is 0 Å². The van der Waals surface area contributed by atoms with Crippen LogP contribution in [0.5, 0.6) is 11.5 Å². The summed E-state index contributed by atoms with van der Waals surface area (Å²) in [6.45, 7) is 2.42. The van der Waals surface area contributed by atoms with E-state index in [2.05, 4.69) is 10.4 Å². The second-order valence-electron chi connectivity index (χ2n) is 5.67. The molecule has 1 aromatic heterocycles. The number of ether oxygens (including phenoxy) is 1. The van der Waals surface area contributed by atoms with Gasteiger partial charge in [-0.1, -0.05) is 25.1 Å². The second-order valence-corrected chi connectivity index (χ2v) is 5.67. The van der Waals surface area contributed by atoms with Crippen molar-refractivity contribution in [1.29, 1.82) is 0 Å². The zero-order chi connectivity index (χ0) is 18.4. The molecule has 0 saturated carbocycles. The van der Waals surface area contributed by atoms with Crippen LogP contribution in [0.3, 0.4) is 0 Å². The molecule has 2 aromatic carbocycles. The maximum Gasteiger partial charge on any atom is 0.276 e. The first-order valence-corrected chi connectivity index (χ1v) is 8.38. The highest BCUT2D eigenvalue weighted by atomic mass is 16.5. The van der Waals surface area contributed by atoms with E-state index in [-0.39, 0.29) is 17.2 Å². The maximum atomic E-state index is 12.3. The molecule has 3 aromatic rings. The van der Waals surface area contributed by atoms with E-state index in [1.54, 1.807) is 24.3 Å². The van der Waals surface area contributed by atoms with Crippen molar-refractivity contribution in [1.82, 2.24) is 9.78 Å². The predicted molar refractivity (Wildman–Crippen MR) is 99.7 cm³/mol. The van der Waals surface area contributed by atoms with Gasteiger partial charge in [-0.05, 0) is 48.9 Å². The standard InChI is InChI=1S/C20H19N3O3/c1-2-14-23-19(24)13-12-18(22-23)20(25)21-15-8-10-17(11-9-15)26-16-6-4-3-5-7-16/h3-13H,2,14H2,1H3,(H,21,25). The minimum Gasteiger partial charge on any atom is -0.457 e. The smallest absolute Gasteiger partial charge is 0.276 e. The van der Waals surface area contributed by atoms with E-state index < -0.39 is 0 Å². The molecule has 6 heteroatoms. The number of benzene rings is 2. The molecule has 132 valence electrons. The van der Waals surface area contributed by atoms with Crippen LogP contribution in [0.1, 0.15) is 23.8 Å². The molecule has 1 N–H and O–H groups in total. The summed E-state index contributed by atoms with van der Waals surface area (Å²) in [7, 11) is 0. The summed E-state index contributed by atoms with van der Waals surface area (Å²) < 4.78 is 7.01. The summed E-state index contributed by atoms with van der Waals surface area (Å²) in [4.78, 5) is 24.0. The Morgan fingerprint density at radius 3 is 2.38 bits per heavy atom. The van der Waals surface area contributed by atoms with Crippen LogP contribution in [0, 0.1) is 0 Å². The van der Waals surface area contributed by atoms with Crippen molar-refractivity contribution in [2.24, 2.45) is 0 Å². The van der Waals surface area contributed by atoms with Crippen LogP contribution < -0.4 is 15.6 Å². The van der Waals surface area contributed by atoms with Gasteiger partial charge in [-0.25, -0.2) is 4.68 Å². The molecule has 0 aliphatic carbocycles. The Hall–Kier alpha value is -3.41. The Morgan fingerprint density at radius 1 is 1.00 bits per heavy atom. The van der Waals surface area contributed by atoms with E-state index in [9.17, 15) is 9.59 Å². The van der Waals surface area contributed by atoms with Crippen molar-refractivity contribution in [3.8, 4) is 11.5 Å². The Balaban J connectivity index is 1.68. The van der Waals surface area contributed by atoms with E-state index in [0.29, 0.717) is 18.0 Å². The van der Waals surface area contributed by atoms with Gasteiger partial charge in [-0.3, -0.25) is 9.59 Å². The fourth-order valence-corrected chi connectivity index (χ4v) is 2.37. The van der Waals surface area contributed by atoms with Crippen LogP contribution in [0.2, 0.25) is 0 Å². The first kappa shape index (κ1) is 17.4. The Kier molecular flexibility index (Phi) is 5.43. The number of hydrogen-bond acceptors (Lipinski definition) is 4. The number of nitrogens with zero attached hydrogens (tertiary/aromatic N) is 2. The summed E-state index contributed by atoms with van der Waals surface area (Å²) in [6, 6.07) is 19.3. The number of carbonyl (C=O) groups excluding carboxylic acids is 1. The van der Waals surface area contributed by atoms with Gasteiger partial charge < -0.3 is 10.1 Å². The molecule has 0 aliphatic heterocycles. The lowest BCUT2D eigenvalue weighted by atomic mass is 10.2. The van der Waals surface area contributed by atoms with Crippen molar-refractivity contribution >= 4 is 11.6 Å². The van der Waals surface area contributed by atoms with Crippen LogP contribution in [0.25, 0.3) is 0 Å². The van der Waals surface area contributed by atoms with Gasteiger partial charge in [0.1, 0.15) is 17.2 Å². The van der Waals surface area contributed by atoms with Crippen LogP contribution in [0.4, 0.5) is 5.69 Å². The Morgan fingerprint density at radius 2 is 1.69 bits per heavy atom. The molecule has 0 radical (unpaired) electrons. The number of anilines is 1. The summed E-state index contributed by atoms with van der Waals surface area (Å²) >= 11 is 0. The van der Waals surface area contributed by atoms with Gasteiger partial charge in [0.05, 0.1) is 0 Å². The van der Waals surface area contributed by atoms with Crippen molar-refractivity contribution in [3.05, 3.63) is 82.8 Å². The highest BCUT2D eigenvalue weighted by Crippen LogP contribution is 2.22. The van der Waals surface area contributed by atoms with Gasteiger partial charge >= 0.3 is 0 Å². The Bertz CT molecular complexity index is 935. The molecule has 1 amide bonds. The highest BCUT2D eigenvalue weighted by molar-refractivity contribution is 6.02. The largest absolute Gasteiger partial charge is 0.457 e. The quantitative estimate of drug-likeness (QED) is 0.736. The molecule has 0 saturated heterocycles. The Labute approximate surface area is 151 Å². The van der Waals surface area contributed by atoms with Crippen molar-refractivity contribution in [2.75, 3.05) is 5.32 Å². The number of aromatic nitrogens is 2. The van der Waals surface area contributed by atoms with E-state index in [0.717, 1.165) is 12.2 Å². The molecule has 0 spiro atoms. The highest BCUT2D eigenvalue weighted by Gasteiger charge is 2.10. The van der Waals surface area contributed by atoms with Crippen molar-refractivity contribution < 1.29 is 9.53 Å². The van der Waals surface area contributed by atoms with Crippen LogP contribution in [0.15, 0.2) is 71.5 Å². The summed E-state index contributed by atoms with van der Waals surface area (Å²) in [5.41, 5.74) is 0.596. The molecule has 3 rings (SSSR count). The molecule has 0 bridgehead atoms. The molecule has 0 aliphatic rings. The SMILES string of the molecule is CCCn1nc(C(=O)Nc2ccc(Oc3ccccc3)cc2)ccc1=O. The van der Waals surface area contributed by atoms with Gasteiger partial charge in [0.25, 0.3) is 11.5 Å². The molecule has 26 heavy (non-hydrogen) atoms. The zero-order valence-corrected chi connectivity index (χ0v) is 14.4. The third-order valence-corrected chi connectivity index (χ3v) is 3.63. The summed E-state index contributed by atoms with van der Waals surface area (Å²) in [5, 5.41) is 6.86. The van der Waals surface area contributed by atoms with Crippen molar-refractivity contribution in [2.45, 2.75) is 19.9 Å². The van der Waals surface area contributed by atoms with Gasteiger partial charge in [-0.2, -0.15) is 5.10 Å². The number of nitrogens with one attached hydrogen (secondary N) is 1. The van der Waals surface area contributed by atoms with Gasteiger partial charge in [0.2, 0.25) is 0 Å². The fraction of sp³-hybridized carbons (Fsp3) is 0.150. The number of para-hydroxylation sites is 1. The first-order valence-electron chi connectivity index (χ1n) is 8.38. The number of carbonyl (C=O) groups is 1. The number of amides is 1. The molecular formula is C20H19N3O3. The van der Waals surface area contributed by atoms with Gasteiger partial charge in [0, 0.05) is 18.3 Å². The average Bonchev–Trinajstić information content (AvgIpc) is 2.66. The molecular weight excluding hydrogens is 330 g/mol. The number of hydrogen-bond donors (Lipinski definition) is 1. The zero-order valence-electron chi connectivity index (χ0n) is 14.4. The molecule has 6 nitrogen and oxygen atoms in total. The lowest BCUT2D eigenvalue weighted by Gasteiger charge is -2.09. The predicted octanol–water partition coefficient (Wildman–Crippen LogP) is 3.70. The van der Waals surface area contributed by atoms with Gasteiger partial charge in [0.15, 0.2) is 0 Å². The first-order chi connectivity index (χ1) is 12.7. The fourth-order valence-electron chi connectivity index (χ4n) is 2.37. The van der Waals surface area contributed by atoms with E-state index in [1.165, 1.54) is 16.8 Å². The second kappa shape index (κ2) is 8.11. The summed E-state index contributed by atoms with van der Waals surface area (Å²) in [5.74, 6) is 1.04. The molecule has 1 heterocycles. The number of rotatable bonds is 6. The minimum absolute atomic E-state index is 0.197.